The van der Waals surface area contributed by atoms with Gasteiger partial charge in [0, 0.05) is 11.3 Å². The molecule has 0 aliphatic heterocycles. The van der Waals surface area contributed by atoms with Crippen molar-refractivity contribution in [1.82, 2.24) is 15.2 Å². The third-order valence-electron chi connectivity index (χ3n) is 4.13. The van der Waals surface area contributed by atoms with Gasteiger partial charge in [0.2, 0.25) is 0 Å². The molecule has 1 heterocycles. The highest BCUT2D eigenvalue weighted by Crippen LogP contribution is 2.11. The number of carbonyl (C=O) groups excluding carboxylic acids is 1. The van der Waals surface area contributed by atoms with Gasteiger partial charge in [-0.1, -0.05) is 24.3 Å². The lowest BCUT2D eigenvalue weighted by Gasteiger charge is -2.06. The van der Waals surface area contributed by atoms with Gasteiger partial charge in [-0.3, -0.25) is 9.48 Å². The summed E-state index contributed by atoms with van der Waals surface area (Å²) in [7, 11) is 1.61. The highest BCUT2D eigenvalue weighted by molar-refractivity contribution is 5.94. The quantitative estimate of drug-likeness (QED) is 0.540. The number of nitrogens with one attached hydrogen (secondary N) is 1. The van der Waals surface area contributed by atoms with Crippen LogP contribution in [0.4, 0.5) is 0 Å². The molecule has 1 aromatic heterocycles. The first-order valence-electron chi connectivity index (χ1n) is 8.62. The van der Waals surface area contributed by atoms with Gasteiger partial charge < -0.3 is 4.74 Å². The molecule has 1 N–H and O–H groups in total. The maximum Gasteiger partial charge on any atom is 0.271 e. The highest BCUT2D eigenvalue weighted by atomic mass is 16.5. The van der Waals surface area contributed by atoms with Crippen LogP contribution in [0.25, 0.3) is 0 Å². The molecule has 0 saturated carbocycles. The largest absolute Gasteiger partial charge is 0.497 e. The predicted octanol–water partition coefficient (Wildman–Crippen LogP) is 3.32. The summed E-state index contributed by atoms with van der Waals surface area (Å²) in [6, 6.07) is 16.9. The summed E-state index contributed by atoms with van der Waals surface area (Å²) in [6.45, 7) is 4.68. The molecule has 0 bridgehead atoms. The van der Waals surface area contributed by atoms with Crippen LogP contribution in [0.1, 0.15) is 32.9 Å². The summed E-state index contributed by atoms with van der Waals surface area (Å²) < 4.78 is 7.11. The number of amides is 1. The van der Waals surface area contributed by atoms with Gasteiger partial charge >= 0.3 is 0 Å². The Hall–Kier alpha value is -3.41. The van der Waals surface area contributed by atoms with Crippen molar-refractivity contribution in [3.05, 3.63) is 82.7 Å². The van der Waals surface area contributed by atoms with Crippen LogP contribution in [0, 0.1) is 13.8 Å². The van der Waals surface area contributed by atoms with Crippen LogP contribution >= 0.6 is 0 Å². The van der Waals surface area contributed by atoms with E-state index in [1.54, 1.807) is 25.5 Å². The Morgan fingerprint density at radius 3 is 2.63 bits per heavy atom. The second kappa shape index (κ2) is 8.31. The zero-order chi connectivity index (χ0) is 19.2. The molecule has 0 radical (unpaired) electrons. The lowest BCUT2D eigenvalue weighted by Crippen LogP contribution is -2.17. The Bertz CT molecular complexity index is 959. The number of hydrogen-bond donors (Lipinski definition) is 1. The van der Waals surface area contributed by atoms with Gasteiger partial charge in [-0.25, -0.2) is 5.43 Å². The standard InChI is InChI=1S/C21H22N4O2/c1-15-11-16(2)25(24-15)14-17-7-9-19(10-8-17)21(26)23-22-13-18-5-4-6-20(12-18)27-3/h4-13H,14H2,1-3H3,(H,23,26)/b22-13-. The van der Waals surface area contributed by atoms with Crippen molar-refractivity contribution in [2.75, 3.05) is 7.11 Å². The Morgan fingerprint density at radius 2 is 1.96 bits per heavy atom. The van der Waals surface area contributed by atoms with E-state index in [1.165, 1.54) is 0 Å². The summed E-state index contributed by atoms with van der Waals surface area (Å²) >= 11 is 0. The molecule has 0 spiro atoms. The third-order valence-corrected chi connectivity index (χ3v) is 4.13. The number of aryl methyl sites for hydroxylation is 2. The van der Waals surface area contributed by atoms with Gasteiger partial charge in [0.15, 0.2) is 0 Å². The zero-order valence-electron chi connectivity index (χ0n) is 15.6. The van der Waals surface area contributed by atoms with Gasteiger partial charge in [0.1, 0.15) is 5.75 Å². The molecule has 0 aliphatic rings. The predicted molar refractivity (Wildman–Crippen MR) is 105 cm³/mol. The molecular formula is C21H22N4O2. The first-order valence-corrected chi connectivity index (χ1v) is 8.62. The van der Waals surface area contributed by atoms with E-state index >= 15 is 0 Å². The number of nitrogens with zero attached hydrogens (tertiary/aromatic N) is 3. The average Bonchev–Trinajstić information content (AvgIpc) is 2.99. The fraction of sp³-hybridized carbons (Fsp3) is 0.190. The molecule has 6 nitrogen and oxygen atoms in total. The first kappa shape index (κ1) is 18.4. The lowest BCUT2D eigenvalue weighted by molar-refractivity contribution is 0.0955. The number of rotatable bonds is 6. The minimum Gasteiger partial charge on any atom is -0.497 e. The van der Waals surface area contributed by atoms with E-state index in [-0.39, 0.29) is 5.91 Å². The molecule has 3 rings (SSSR count). The van der Waals surface area contributed by atoms with Crippen molar-refractivity contribution in [2.45, 2.75) is 20.4 Å². The number of benzene rings is 2. The topological polar surface area (TPSA) is 68.5 Å². The molecule has 27 heavy (non-hydrogen) atoms. The Kier molecular flexibility index (Phi) is 5.66. The van der Waals surface area contributed by atoms with Gasteiger partial charge in [-0.15, -0.1) is 0 Å². The van der Waals surface area contributed by atoms with Crippen LogP contribution < -0.4 is 10.2 Å². The van der Waals surface area contributed by atoms with Crippen LogP contribution in [0.15, 0.2) is 59.7 Å². The van der Waals surface area contributed by atoms with Crippen LogP contribution in [0.2, 0.25) is 0 Å². The van der Waals surface area contributed by atoms with E-state index in [0.717, 1.165) is 28.3 Å². The van der Waals surface area contributed by atoms with Crippen molar-refractivity contribution >= 4 is 12.1 Å². The van der Waals surface area contributed by atoms with E-state index in [0.29, 0.717) is 12.1 Å². The van der Waals surface area contributed by atoms with Crippen molar-refractivity contribution in [3.8, 4) is 5.75 Å². The molecule has 138 valence electrons. The van der Waals surface area contributed by atoms with Gasteiger partial charge in [-0.2, -0.15) is 10.2 Å². The number of hydrogen-bond acceptors (Lipinski definition) is 4. The van der Waals surface area contributed by atoms with Crippen molar-refractivity contribution in [1.29, 1.82) is 0 Å². The van der Waals surface area contributed by atoms with Crippen LogP contribution in [-0.2, 0) is 6.54 Å². The third kappa shape index (κ3) is 4.82. The van der Waals surface area contributed by atoms with Crippen LogP contribution in [-0.4, -0.2) is 29.0 Å². The molecular weight excluding hydrogens is 340 g/mol. The second-order valence-electron chi connectivity index (χ2n) is 6.26. The highest BCUT2D eigenvalue weighted by Gasteiger charge is 2.06. The maximum atomic E-state index is 12.2. The van der Waals surface area contributed by atoms with Crippen molar-refractivity contribution in [2.24, 2.45) is 5.10 Å². The SMILES string of the molecule is COc1cccc(/C=N\NC(=O)c2ccc(Cn3nc(C)cc3C)cc2)c1. The average molecular weight is 362 g/mol. The molecule has 0 saturated heterocycles. The number of hydrazone groups is 1. The minimum atomic E-state index is -0.258. The van der Waals surface area contributed by atoms with E-state index < -0.39 is 0 Å². The first-order chi connectivity index (χ1) is 13.0. The number of carbonyl (C=O) groups is 1. The maximum absolute atomic E-state index is 12.2. The van der Waals surface area contributed by atoms with Crippen molar-refractivity contribution in [3.63, 3.8) is 0 Å². The smallest absolute Gasteiger partial charge is 0.271 e. The van der Waals surface area contributed by atoms with Gasteiger partial charge in [0.25, 0.3) is 5.91 Å². The summed E-state index contributed by atoms with van der Waals surface area (Å²) in [4.78, 5) is 12.2. The van der Waals surface area contributed by atoms with Crippen LogP contribution in [0.5, 0.6) is 5.75 Å². The molecule has 6 heteroatoms. The zero-order valence-corrected chi connectivity index (χ0v) is 15.6. The fourth-order valence-corrected chi connectivity index (χ4v) is 2.72. The van der Waals surface area contributed by atoms with Gasteiger partial charge in [0.05, 0.1) is 25.6 Å². The van der Waals surface area contributed by atoms with E-state index in [9.17, 15) is 4.79 Å². The molecule has 0 fully saturated rings. The number of ether oxygens (including phenoxy) is 1. The second-order valence-corrected chi connectivity index (χ2v) is 6.26. The molecule has 0 unspecified atom stereocenters. The van der Waals surface area contributed by atoms with Crippen LogP contribution in [0.3, 0.4) is 0 Å². The molecule has 3 aromatic rings. The van der Waals surface area contributed by atoms with E-state index in [4.69, 9.17) is 4.74 Å². The minimum absolute atomic E-state index is 0.258. The summed E-state index contributed by atoms with van der Waals surface area (Å²) in [5, 5.41) is 8.46. The molecule has 0 aliphatic carbocycles. The summed E-state index contributed by atoms with van der Waals surface area (Å²) in [6.07, 6.45) is 1.58. The lowest BCUT2D eigenvalue weighted by atomic mass is 10.1. The summed E-state index contributed by atoms with van der Waals surface area (Å²) in [5.41, 5.74) is 7.12. The van der Waals surface area contributed by atoms with E-state index in [2.05, 4.69) is 15.6 Å². The molecule has 1 amide bonds. The normalized spacial score (nSPS) is 10.9. The number of methoxy groups -OCH3 is 1. The molecule has 0 atom stereocenters. The molecule has 2 aromatic carbocycles. The van der Waals surface area contributed by atoms with Gasteiger partial charge in [-0.05, 0) is 55.3 Å². The van der Waals surface area contributed by atoms with E-state index in [1.807, 2.05) is 61.0 Å². The fourth-order valence-electron chi connectivity index (χ4n) is 2.72. The monoisotopic (exact) mass is 362 g/mol. The Balaban J connectivity index is 1.60. The Labute approximate surface area is 158 Å². The Morgan fingerprint density at radius 1 is 1.19 bits per heavy atom. The summed E-state index contributed by atoms with van der Waals surface area (Å²) in [5.74, 6) is 0.482. The number of aromatic nitrogens is 2. The van der Waals surface area contributed by atoms with Crippen molar-refractivity contribution < 1.29 is 9.53 Å².